The molecule has 1 unspecified atom stereocenters. The fourth-order valence-corrected chi connectivity index (χ4v) is 2.50. The first-order chi connectivity index (χ1) is 9.11. The highest BCUT2D eigenvalue weighted by atomic mass is 16.5. The van der Waals surface area contributed by atoms with E-state index in [1.54, 1.807) is 0 Å². The summed E-state index contributed by atoms with van der Waals surface area (Å²) in [4.78, 5) is 9.14. The van der Waals surface area contributed by atoms with Gasteiger partial charge in [0.05, 0.1) is 0 Å². The number of nitrogens with one attached hydrogen (secondary N) is 1. The van der Waals surface area contributed by atoms with Gasteiger partial charge in [-0.2, -0.15) is 0 Å². The quantitative estimate of drug-likeness (QED) is 0.821. The standard InChI is InChI=1S/C15H25N3O/c1-5-19-9-14-17-11(3)15(12(4)18-14)10(2)8-16-13-6-7-13/h10,13,16H,5-9H2,1-4H3. The van der Waals surface area contributed by atoms with Crippen LogP contribution in [0.15, 0.2) is 0 Å². The third-order valence-corrected chi connectivity index (χ3v) is 3.59. The Morgan fingerprint density at radius 1 is 1.26 bits per heavy atom. The summed E-state index contributed by atoms with van der Waals surface area (Å²) in [6.07, 6.45) is 2.66. The molecule has 1 saturated carbocycles. The lowest BCUT2D eigenvalue weighted by Gasteiger charge is -2.18. The van der Waals surface area contributed by atoms with E-state index in [1.165, 1.54) is 18.4 Å². The van der Waals surface area contributed by atoms with E-state index >= 15 is 0 Å². The summed E-state index contributed by atoms with van der Waals surface area (Å²) >= 11 is 0. The highest BCUT2D eigenvalue weighted by molar-refractivity contribution is 5.28. The number of aryl methyl sites for hydroxylation is 2. The third-order valence-electron chi connectivity index (χ3n) is 3.59. The summed E-state index contributed by atoms with van der Waals surface area (Å²) in [5, 5.41) is 3.58. The van der Waals surface area contributed by atoms with Gasteiger partial charge in [0.15, 0.2) is 5.82 Å². The van der Waals surface area contributed by atoms with Gasteiger partial charge < -0.3 is 10.1 Å². The molecule has 19 heavy (non-hydrogen) atoms. The molecule has 4 nitrogen and oxygen atoms in total. The van der Waals surface area contributed by atoms with Gasteiger partial charge in [-0.25, -0.2) is 9.97 Å². The van der Waals surface area contributed by atoms with Gasteiger partial charge in [0.25, 0.3) is 0 Å². The Morgan fingerprint density at radius 2 is 1.89 bits per heavy atom. The van der Waals surface area contributed by atoms with Gasteiger partial charge in [-0.3, -0.25) is 0 Å². The zero-order chi connectivity index (χ0) is 13.8. The van der Waals surface area contributed by atoms with E-state index in [0.29, 0.717) is 19.1 Å². The van der Waals surface area contributed by atoms with E-state index in [1.807, 2.05) is 6.92 Å². The molecule has 1 fully saturated rings. The first kappa shape index (κ1) is 14.4. The number of nitrogens with zero attached hydrogens (tertiary/aromatic N) is 2. The Bertz CT molecular complexity index is 406. The summed E-state index contributed by atoms with van der Waals surface area (Å²) < 4.78 is 5.38. The van der Waals surface area contributed by atoms with Gasteiger partial charge in [-0.05, 0) is 45.1 Å². The molecule has 1 aliphatic rings. The molecule has 0 bridgehead atoms. The fraction of sp³-hybridized carbons (Fsp3) is 0.733. The largest absolute Gasteiger partial charge is 0.374 e. The van der Waals surface area contributed by atoms with Gasteiger partial charge in [0.1, 0.15) is 6.61 Å². The Labute approximate surface area is 116 Å². The lowest BCUT2D eigenvalue weighted by Crippen LogP contribution is -2.23. The maximum Gasteiger partial charge on any atom is 0.154 e. The number of hydrogen-bond donors (Lipinski definition) is 1. The van der Waals surface area contributed by atoms with E-state index in [4.69, 9.17) is 4.74 Å². The summed E-state index contributed by atoms with van der Waals surface area (Å²) in [7, 11) is 0. The van der Waals surface area contributed by atoms with Crippen LogP contribution in [0, 0.1) is 13.8 Å². The van der Waals surface area contributed by atoms with Crippen molar-refractivity contribution in [1.29, 1.82) is 0 Å². The van der Waals surface area contributed by atoms with Crippen LogP contribution in [0.4, 0.5) is 0 Å². The van der Waals surface area contributed by atoms with Gasteiger partial charge >= 0.3 is 0 Å². The summed E-state index contributed by atoms with van der Waals surface area (Å²) in [6, 6.07) is 0.751. The van der Waals surface area contributed by atoms with Crippen molar-refractivity contribution in [3.63, 3.8) is 0 Å². The molecule has 0 aliphatic heterocycles. The number of aromatic nitrogens is 2. The van der Waals surface area contributed by atoms with Crippen LogP contribution in [0.2, 0.25) is 0 Å². The molecule has 0 spiro atoms. The van der Waals surface area contributed by atoms with Crippen molar-refractivity contribution in [3.8, 4) is 0 Å². The predicted molar refractivity (Wildman–Crippen MR) is 76.3 cm³/mol. The molecule has 1 heterocycles. The van der Waals surface area contributed by atoms with Gasteiger partial charge in [0.2, 0.25) is 0 Å². The molecule has 1 N–H and O–H groups in total. The first-order valence-electron chi connectivity index (χ1n) is 7.27. The van der Waals surface area contributed by atoms with Crippen LogP contribution in [0.1, 0.15) is 55.4 Å². The maximum absolute atomic E-state index is 5.38. The topological polar surface area (TPSA) is 47.0 Å². The van der Waals surface area contributed by atoms with Crippen LogP contribution in [-0.4, -0.2) is 29.2 Å². The molecule has 0 amide bonds. The van der Waals surface area contributed by atoms with Crippen molar-refractivity contribution >= 4 is 0 Å². The van der Waals surface area contributed by atoms with Crippen LogP contribution < -0.4 is 5.32 Å². The van der Waals surface area contributed by atoms with Gasteiger partial charge in [0, 0.05) is 30.6 Å². The highest BCUT2D eigenvalue weighted by Gasteiger charge is 2.22. The van der Waals surface area contributed by atoms with Crippen LogP contribution >= 0.6 is 0 Å². The van der Waals surface area contributed by atoms with Gasteiger partial charge in [-0.1, -0.05) is 6.92 Å². The molecule has 106 valence electrons. The third kappa shape index (κ3) is 3.98. The first-order valence-corrected chi connectivity index (χ1v) is 7.27. The minimum Gasteiger partial charge on any atom is -0.374 e. The Kier molecular flexibility index (Phi) is 4.88. The number of hydrogen-bond acceptors (Lipinski definition) is 4. The molecule has 0 aromatic carbocycles. The van der Waals surface area contributed by atoms with Crippen molar-refractivity contribution in [1.82, 2.24) is 15.3 Å². The minimum absolute atomic E-state index is 0.460. The second-order valence-electron chi connectivity index (χ2n) is 5.45. The van der Waals surface area contributed by atoms with Gasteiger partial charge in [-0.15, -0.1) is 0 Å². The summed E-state index contributed by atoms with van der Waals surface area (Å²) in [6.45, 7) is 10.6. The van der Waals surface area contributed by atoms with E-state index in [0.717, 1.165) is 29.8 Å². The maximum atomic E-state index is 5.38. The molecule has 2 rings (SSSR count). The fourth-order valence-electron chi connectivity index (χ4n) is 2.50. The monoisotopic (exact) mass is 263 g/mol. The highest BCUT2D eigenvalue weighted by Crippen LogP contribution is 2.24. The Balaban J connectivity index is 2.05. The van der Waals surface area contributed by atoms with Crippen molar-refractivity contribution in [2.75, 3.05) is 13.2 Å². The number of rotatable bonds is 7. The Hall–Kier alpha value is -1.00. The van der Waals surface area contributed by atoms with Crippen molar-refractivity contribution in [3.05, 3.63) is 22.8 Å². The van der Waals surface area contributed by atoms with Crippen molar-refractivity contribution in [2.45, 2.75) is 59.1 Å². The van der Waals surface area contributed by atoms with Crippen LogP contribution in [0.25, 0.3) is 0 Å². The SMILES string of the molecule is CCOCc1nc(C)c(C(C)CNC2CC2)c(C)n1. The zero-order valence-electron chi connectivity index (χ0n) is 12.5. The van der Waals surface area contributed by atoms with Crippen LogP contribution in [-0.2, 0) is 11.3 Å². The van der Waals surface area contributed by atoms with Crippen molar-refractivity contribution < 1.29 is 4.74 Å². The Morgan fingerprint density at radius 3 is 2.42 bits per heavy atom. The molecule has 1 aliphatic carbocycles. The summed E-state index contributed by atoms with van der Waals surface area (Å²) in [5.41, 5.74) is 3.47. The lowest BCUT2D eigenvalue weighted by molar-refractivity contribution is 0.128. The molecule has 1 atom stereocenters. The molecule has 0 saturated heterocycles. The predicted octanol–water partition coefficient (Wildman–Crippen LogP) is 2.49. The van der Waals surface area contributed by atoms with Crippen molar-refractivity contribution in [2.24, 2.45) is 0 Å². The second-order valence-corrected chi connectivity index (χ2v) is 5.45. The van der Waals surface area contributed by atoms with Crippen LogP contribution in [0.5, 0.6) is 0 Å². The average molecular weight is 263 g/mol. The molecule has 0 radical (unpaired) electrons. The average Bonchev–Trinajstić information content (AvgIpc) is 3.17. The minimum atomic E-state index is 0.460. The number of ether oxygens (including phenoxy) is 1. The van der Waals surface area contributed by atoms with E-state index < -0.39 is 0 Å². The van der Waals surface area contributed by atoms with E-state index in [9.17, 15) is 0 Å². The van der Waals surface area contributed by atoms with Crippen LogP contribution in [0.3, 0.4) is 0 Å². The second kappa shape index (κ2) is 6.44. The van der Waals surface area contributed by atoms with E-state index in [-0.39, 0.29) is 0 Å². The molecular formula is C15H25N3O. The van der Waals surface area contributed by atoms with E-state index in [2.05, 4.69) is 36.1 Å². The molecular weight excluding hydrogens is 238 g/mol. The zero-order valence-corrected chi connectivity index (χ0v) is 12.5. The molecule has 4 heteroatoms. The molecule has 1 aromatic rings. The molecule has 1 aromatic heterocycles. The smallest absolute Gasteiger partial charge is 0.154 e. The normalized spacial score (nSPS) is 16.6. The lowest BCUT2D eigenvalue weighted by atomic mass is 9.98. The summed E-state index contributed by atoms with van der Waals surface area (Å²) in [5.74, 6) is 1.25.